The number of carboxylic acids is 1. The maximum atomic E-state index is 12.7. The predicted molar refractivity (Wildman–Crippen MR) is 161 cm³/mol. The van der Waals surface area contributed by atoms with Crippen molar-refractivity contribution in [3.05, 3.63) is 59.4 Å². The van der Waals surface area contributed by atoms with Crippen molar-refractivity contribution in [3.8, 4) is 5.75 Å². The van der Waals surface area contributed by atoms with Crippen LogP contribution in [0.2, 0.25) is 0 Å². The molecule has 0 spiro atoms. The van der Waals surface area contributed by atoms with Gasteiger partial charge in [-0.2, -0.15) is 11.8 Å². The Hall–Kier alpha value is -3.13. The number of anilines is 1. The van der Waals surface area contributed by atoms with Crippen molar-refractivity contribution in [2.24, 2.45) is 5.92 Å². The number of hydrogen-bond acceptors (Lipinski definition) is 6. The molecule has 7 nitrogen and oxygen atoms in total. The Morgan fingerprint density at radius 2 is 1.80 bits per heavy atom. The lowest BCUT2D eigenvalue weighted by molar-refractivity contribution is -0.137. The first-order valence-electron chi connectivity index (χ1n) is 14.5. The molecule has 1 saturated heterocycles. The highest BCUT2D eigenvalue weighted by Gasteiger charge is 2.30. The molecule has 1 aliphatic heterocycles. The number of benzene rings is 2. The van der Waals surface area contributed by atoms with Gasteiger partial charge in [-0.3, -0.25) is 9.59 Å². The van der Waals surface area contributed by atoms with Gasteiger partial charge in [0, 0.05) is 35.8 Å². The van der Waals surface area contributed by atoms with Gasteiger partial charge in [-0.1, -0.05) is 19.3 Å². The number of nitrogens with one attached hydrogen (secondary N) is 1. The van der Waals surface area contributed by atoms with E-state index in [1.165, 1.54) is 24.2 Å². The fraction of sp³-hybridized carbons (Fsp3) is 0.500. The van der Waals surface area contributed by atoms with E-state index < -0.39 is 5.97 Å². The Morgan fingerprint density at radius 3 is 2.50 bits per heavy atom. The molecule has 2 aliphatic rings. The number of carbonyl (C=O) groups is 2. The van der Waals surface area contributed by atoms with Crippen LogP contribution in [-0.2, 0) is 4.79 Å². The van der Waals surface area contributed by atoms with E-state index in [4.69, 9.17) is 14.3 Å². The molecule has 40 heavy (non-hydrogen) atoms. The zero-order valence-corrected chi connectivity index (χ0v) is 24.3. The number of carbonyl (C=O) groups excluding carboxylic acids is 1. The zero-order valence-electron chi connectivity index (χ0n) is 23.5. The van der Waals surface area contributed by atoms with Gasteiger partial charge in [0.15, 0.2) is 0 Å². The lowest BCUT2D eigenvalue weighted by atomic mass is 9.82. The van der Waals surface area contributed by atoms with Crippen LogP contribution in [0, 0.1) is 12.8 Å². The molecule has 0 bridgehead atoms. The van der Waals surface area contributed by atoms with E-state index >= 15 is 0 Å². The molecule has 1 unspecified atom stereocenters. The smallest absolute Gasteiger partial charge is 0.305 e. The Bertz CT molecular complexity index is 1310. The lowest BCUT2D eigenvalue weighted by Crippen LogP contribution is -2.29. The van der Waals surface area contributed by atoms with Gasteiger partial charge in [-0.15, -0.1) is 0 Å². The zero-order chi connectivity index (χ0) is 28.1. The topological polar surface area (TPSA) is 92.0 Å². The van der Waals surface area contributed by atoms with Crippen molar-refractivity contribution < 1.29 is 23.8 Å². The third-order valence-electron chi connectivity index (χ3n) is 8.28. The first-order chi connectivity index (χ1) is 19.4. The van der Waals surface area contributed by atoms with Gasteiger partial charge in [0.2, 0.25) is 0 Å². The molecule has 0 radical (unpaired) electrons. The quantitative estimate of drug-likeness (QED) is 0.267. The average Bonchev–Trinajstić information content (AvgIpc) is 3.30. The van der Waals surface area contributed by atoms with E-state index in [-0.39, 0.29) is 31.0 Å². The number of aliphatic carboxylic acids is 1. The highest BCUT2D eigenvalue weighted by Crippen LogP contribution is 2.41. The van der Waals surface area contributed by atoms with Crippen molar-refractivity contribution in [2.75, 3.05) is 30.4 Å². The summed E-state index contributed by atoms with van der Waals surface area (Å²) in [6.07, 6.45) is 8.40. The molecule has 5 rings (SSSR count). The van der Waals surface area contributed by atoms with Crippen molar-refractivity contribution in [2.45, 2.75) is 70.4 Å². The van der Waals surface area contributed by atoms with Gasteiger partial charge < -0.3 is 24.5 Å². The van der Waals surface area contributed by atoms with E-state index in [9.17, 15) is 9.59 Å². The van der Waals surface area contributed by atoms with E-state index in [1.807, 2.05) is 36.0 Å². The number of carboxylic acid groups (broad SMARTS) is 1. The maximum Gasteiger partial charge on any atom is 0.305 e. The molecule has 2 N–H and O–H groups in total. The third kappa shape index (κ3) is 6.77. The van der Waals surface area contributed by atoms with Crippen LogP contribution in [0.1, 0.15) is 79.1 Å². The average molecular weight is 565 g/mol. The van der Waals surface area contributed by atoms with E-state index in [1.54, 1.807) is 19.2 Å². The molecular formula is C32H40N2O5S. The second-order valence-electron chi connectivity index (χ2n) is 11.1. The first kappa shape index (κ1) is 28.4. The normalized spacial score (nSPS) is 17.4. The summed E-state index contributed by atoms with van der Waals surface area (Å²) in [4.78, 5) is 25.1. The number of thioether (sulfide) groups is 1. The molecule has 1 atom stereocenters. The molecule has 2 heterocycles. The Labute approximate surface area is 240 Å². The van der Waals surface area contributed by atoms with Gasteiger partial charge in [0.05, 0.1) is 12.5 Å². The minimum atomic E-state index is -0.916. The van der Waals surface area contributed by atoms with Crippen LogP contribution < -0.4 is 10.1 Å². The second kappa shape index (κ2) is 13.0. The lowest BCUT2D eigenvalue weighted by Gasteiger charge is -2.31. The molecule has 1 saturated carbocycles. The Kier molecular flexibility index (Phi) is 9.25. The van der Waals surface area contributed by atoms with Crippen molar-refractivity contribution in [1.82, 2.24) is 4.90 Å². The van der Waals surface area contributed by atoms with Crippen molar-refractivity contribution in [1.29, 1.82) is 0 Å². The Balaban J connectivity index is 1.36. The standard InChI is InChI=1S/C32H40N2O5S/c1-21-27-20-26(38-25-15-18-40-19-16-25)12-13-28(27)39-31(21)30(22-6-4-3-5-7-22)33-24-10-8-23(9-11-24)32(37)34(2)17-14-29(35)36/h8-13,20,22,25,30,33H,3-7,14-19H2,1-2H3,(H,35,36). The summed E-state index contributed by atoms with van der Waals surface area (Å²) in [6, 6.07) is 13.7. The van der Waals surface area contributed by atoms with Crippen molar-refractivity contribution >= 4 is 40.3 Å². The molecule has 3 aromatic rings. The number of hydrogen-bond donors (Lipinski definition) is 2. The number of ether oxygens (including phenoxy) is 1. The van der Waals surface area contributed by atoms with E-state index in [0.717, 1.165) is 70.9 Å². The molecule has 8 heteroatoms. The summed E-state index contributed by atoms with van der Waals surface area (Å²) in [5.41, 5.74) is 3.50. The van der Waals surface area contributed by atoms with Crippen LogP contribution in [0.25, 0.3) is 11.0 Å². The number of rotatable bonds is 10. The van der Waals surface area contributed by atoms with Crippen LogP contribution in [-0.4, -0.2) is 53.1 Å². The molecule has 1 aromatic heterocycles. The minimum Gasteiger partial charge on any atom is -0.490 e. The van der Waals surface area contributed by atoms with Gasteiger partial charge in [-0.25, -0.2) is 0 Å². The molecule has 214 valence electrons. The largest absolute Gasteiger partial charge is 0.490 e. The SMILES string of the molecule is Cc1c(C(Nc2ccc(C(=O)N(C)CCC(=O)O)cc2)C2CCCCC2)oc2ccc(OC3CCSCC3)cc12. The predicted octanol–water partition coefficient (Wildman–Crippen LogP) is 7.30. The summed E-state index contributed by atoms with van der Waals surface area (Å²) >= 11 is 2.00. The van der Waals surface area contributed by atoms with E-state index in [2.05, 4.69) is 18.3 Å². The minimum absolute atomic E-state index is 0.0206. The molecule has 1 aliphatic carbocycles. The van der Waals surface area contributed by atoms with Crippen LogP contribution in [0.5, 0.6) is 5.75 Å². The number of fused-ring (bicyclic) bond motifs is 1. The van der Waals surface area contributed by atoms with Gasteiger partial charge in [0.1, 0.15) is 23.2 Å². The highest BCUT2D eigenvalue weighted by molar-refractivity contribution is 7.99. The number of aryl methyl sites for hydroxylation is 1. The summed E-state index contributed by atoms with van der Waals surface area (Å²) in [7, 11) is 1.63. The van der Waals surface area contributed by atoms with Crippen LogP contribution in [0.3, 0.4) is 0 Å². The molecule has 1 amide bonds. The molecule has 2 fully saturated rings. The summed E-state index contributed by atoms with van der Waals surface area (Å²) in [6.45, 7) is 2.32. The highest BCUT2D eigenvalue weighted by atomic mass is 32.2. The van der Waals surface area contributed by atoms with Crippen LogP contribution in [0.4, 0.5) is 5.69 Å². The second-order valence-corrected chi connectivity index (χ2v) is 12.4. The Morgan fingerprint density at radius 1 is 1.07 bits per heavy atom. The maximum absolute atomic E-state index is 12.7. The first-order valence-corrected chi connectivity index (χ1v) is 15.7. The van der Waals surface area contributed by atoms with Gasteiger partial charge in [-0.05, 0) is 92.5 Å². The summed E-state index contributed by atoms with van der Waals surface area (Å²) in [5, 5.41) is 13.8. The molecule has 2 aromatic carbocycles. The number of nitrogens with zero attached hydrogens (tertiary/aromatic N) is 1. The molecular weight excluding hydrogens is 524 g/mol. The monoisotopic (exact) mass is 564 g/mol. The van der Waals surface area contributed by atoms with Crippen LogP contribution >= 0.6 is 11.8 Å². The van der Waals surface area contributed by atoms with Gasteiger partial charge >= 0.3 is 5.97 Å². The van der Waals surface area contributed by atoms with Crippen LogP contribution in [0.15, 0.2) is 46.9 Å². The number of amides is 1. The summed E-state index contributed by atoms with van der Waals surface area (Å²) < 4.78 is 12.9. The fourth-order valence-corrected chi connectivity index (χ4v) is 6.98. The fourth-order valence-electron chi connectivity index (χ4n) is 5.91. The van der Waals surface area contributed by atoms with E-state index in [0.29, 0.717) is 11.5 Å². The number of furan rings is 1. The van der Waals surface area contributed by atoms with Crippen molar-refractivity contribution in [3.63, 3.8) is 0 Å². The van der Waals surface area contributed by atoms with Gasteiger partial charge in [0.25, 0.3) is 5.91 Å². The third-order valence-corrected chi connectivity index (χ3v) is 9.33. The summed E-state index contributed by atoms with van der Waals surface area (Å²) in [5.74, 6) is 3.56.